The highest BCUT2D eigenvalue weighted by Gasteiger charge is 2.26. The summed E-state index contributed by atoms with van der Waals surface area (Å²) in [6.45, 7) is 9.55. The highest BCUT2D eigenvalue weighted by molar-refractivity contribution is 5.94. The minimum Gasteiger partial charge on any atom is -0.394 e. The number of anilines is 2. The maximum Gasteiger partial charge on any atom is 0.253 e. The van der Waals surface area contributed by atoms with Crippen LogP contribution in [0, 0.1) is 19.8 Å². The van der Waals surface area contributed by atoms with Crippen LogP contribution in [0.1, 0.15) is 54.0 Å². The molecule has 2 aromatic heterocycles. The third kappa shape index (κ3) is 6.18. The number of nitrogens with one attached hydrogen (secondary N) is 1. The van der Waals surface area contributed by atoms with Crippen LogP contribution in [0.2, 0.25) is 0 Å². The van der Waals surface area contributed by atoms with Gasteiger partial charge in [0.1, 0.15) is 0 Å². The van der Waals surface area contributed by atoms with Crippen molar-refractivity contribution in [2.24, 2.45) is 5.92 Å². The van der Waals surface area contributed by atoms with Crippen LogP contribution < -0.4 is 15.1 Å². The Morgan fingerprint density at radius 2 is 1.79 bits per heavy atom. The molecule has 0 spiro atoms. The third-order valence-electron chi connectivity index (χ3n) is 6.36. The Morgan fingerprint density at radius 1 is 1.18 bits per heavy atom. The monoisotopic (exact) mass is 471 g/mol. The summed E-state index contributed by atoms with van der Waals surface area (Å²) in [6.07, 6.45) is 4.18. The standard InChI is InChI=1S/C24H37N7O3/c1-15(2)10-21-16(3)26-24(27-17(21)4)31-8-6-20(7-9-31)30(5)22-11-18(12-25-29-22)23(34)28-19(13-32)14-33/h11-12,15,19-20,32-33H,6-10,13-14H2,1-5H3,(H,28,34). The maximum atomic E-state index is 12.4. The lowest BCUT2D eigenvalue weighted by Gasteiger charge is -2.37. The normalized spacial score (nSPS) is 14.7. The number of aryl methyl sites for hydroxylation is 2. The van der Waals surface area contributed by atoms with E-state index in [0.717, 1.165) is 49.7 Å². The summed E-state index contributed by atoms with van der Waals surface area (Å²) in [6, 6.07) is 1.22. The molecule has 10 heteroatoms. The van der Waals surface area contributed by atoms with Gasteiger partial charge in [-0.3, -0.25) is 4.79 Å². The number of aliphatic hydroxyl groups excluding tert-OH is 2. The first-order valence-corrected chi connectivity index (χ1v) is 11.9. The first-order chi connectivity index (χ1) is 16.2. The van der Waals surface area contributed by atoms with Gasteiger partial charge in [-0.1, -0.05) is 13.8 Å². The molecule has 3 N–H and O–H groups in total. The third-order valence-corrected chi connectivity index (χ3v) is 6.36. The summed E-state index contributed by atoms with van der Waals surface area (Å²) >= 11 is 0. The van der Waals surface area contributed by atoms with E-state index in [1.807, 2.05) is 7.05 Å². The molecule has 1 aliphatic rings. The van der Waals surface area contributed by atoms with Crippen molar-refractivity contribution < 1.29 is 15.0 Å². The molecule has 0 radical (unpaired) electrons. The number of aromatic nitrogens is 4. The topological polar surface area (TPSA) is 128 Å². The smallest absolute Gasteiger partial charge is 0.253 e. The number of amides is 1. The quantitative estimate of drug-likeness (QED) is 0.495. The summed E-state index contributed by atoms with van der Waals surface area (Å²) in [5.74, 6) is 1.56. The number of carbonyl (C=O) groups excluding carboxylic acids is 1. The zero-order valence-electron chi connectivity index (χ0n) is 20.8. The number of hydrogen-bond donors (Lipinski definition) is 3. The molecule has 0 aromatic carbocycles. The maximum absolute atomic E-state index is 12.4. The van der Waals surface area contributed by atoms with Crippen molar-refractivity contribution in [3.05, 3.63) is 34.8 Å². The molecule has 0 bridgehead atoms. The van der Waals surface area contributed by atoms with Gasteiger partial charge in [0.2, 0.25) is 5.95 Å². The SMILES string of the molecule is Cc1nc(N2CCC(N(C)c3cc(C(=O)NC(CO)CO)cnn3)CC2)nc(C)c1CC(C)C. The predicted molar refractivity (Wildman–Crippen MR) is 131 cm³/mol. The van der Waals surface area contributed by atoms with Crippen molar-refractivity contribution in [3.63, 3.8) is 0 Å². The molecule has 0 atom stereocenters. The second kappa shape index (κ2) is 11.5. The average molecular weight is 472 g/mol. The summed E-state index contributed by atoms with van der Waals surface area (Å²) in [4.78, 5) is 26.3. The van der Waals surface area contributed by atoms with Crippen LogP contribution in [-0.4, -0.2) is 81.7 Å². The number of piperidine rings is 1. The van der Waals surface area contributed by atoms with E-state index in [1.165, 1.54) is 11.8 Å². The molecule has 3 rings (SSSR count). The van der Waals surface area contributed by atoms with Crippen molar-refractivity contribution in [2.45, 2.75) is 59.0 Å². The Hall–Kier alpha value is -2.85. The highest BCUT2D eigenvalue weighted by Crippen LogP contribution is 2.25. The Bertz CT molecular complexity index is 950. The van der Waals surface area contributed by atoms with E-state index in [0.29, 0.717) is 17.3 Å². The van der Waals surface area contributed by atoms with E-state index in [2.05, 4.69) is 53.0 Å². The van der Waals surface area contributed by atoms with Gasteiger partial charge in [0.05, 0.1) is 31.0 Å². The Balaban J connectivity index is 1.64. The van der Waals surface area contributed by atoms with Crippen LogP contribution in [0.15, 0.2) is 12.3 Å². The zero-order valence-corrected chi connectivity index (χ0v) is 20.8. The second-order valence-electron chi connectivity index (χ2n) is 9.44. The Kier molecular flexibility index (Phi) is 8.73. The molecule has 0 saturated carbocycles. The fourth-order valence-electron chi connectivity index (χ4n) is 4.28. The van der Waals surface area contributed by atoms with Gasteiger partial charge in [0, 0.05) is 37.6 Å². The van der Waals surface area contributed by atoms with Gasteiger partial charge < -0.3 is 25.3 Å². The molecule has 1 fully saturated rings. The van der Waals surface area contributed by atoms with Crippen molar-refractivity contribution in [1.29, 1.82) is 0 Å². The van der Waals surface area contributed by atoms with E-state index >= 15 is 0 Å². The van der Waals surface area contributed by atoms with Gasteiger partial charge in [0.15, 0.2) is 5.82 Å². The van der Waals surface area contributed by atoms with Crippen LogP contribution in [-0.2, 0) is 6.42 Å². The number of hydrogen-bond acceptors (Lipinski definition) is 9. The molecule has 10 nitrogen and oxygen atoms in total. The minimum absolute atomic E-state index is 0.244. The number of aliphatic hydroxyl groups is 2. The van der Waals surface area contributed by atoms with E-state index in [4.69, 9.17) is 9.97 Å². The lowest BCUT2D eigenvalue weighted by molar-refractivity contribution is 0.0879. The summed E-state index contributed by atoms with van der Waals surface area (Å²) in [5.41, 5.74) is 3.71. The van der Waals surface area contributed by atoms with Gasteiger partial charge in [0.25, 0.3) is 5.91 Å². The van der Waals surface area contributed by atoms with Crippen LogP contribution >= 0.6 is 0 Å². The van der Waals surface area contributed by atoms with E-state index in [-0.39, 0.29) is 19.3 Å². The minimum atomic E-state index is -0.708. The van der Waals surface area contributed by atoms with E-state index < -0.39 is 11.9 Å². The molecule has 1 amide bonds. The van der Waals surface area contributed by atoms with Crippen LogP contribution in [0.5, 0.6) is 0 Å². The molecule has 186 valence electrons. The molecule has 3 heterocycles. The largest absolute Gasteiger partial charge is 0.394 e. The fourth-order valence-corrected chi connectivity index (χ4v) is 4.28. The first kappa shape index (κ1) is 25.8. The van der Waals surface area contributed by atoms with Crippen molar-refractivity contribution in [1.82, 2.24) is 25.5 Å². The van der Waals surface area contributed by atoms with Crippen LogP contribution in [0.25, 0.3) is 0 Å². The van der Waals surface area contributed by atoms with Crippen molar-refractivity contribution in [3.8, 4) is 0 Å². The summed E-state index contributed by atoms with van der Waals surface area (Å²) in [7, 11) is 1.96. The lowest BCUT2D eigenvalue weighted by atomic mass is 10.0. The van der Waals surface area contributed by atoms with Gasteiger partial charge in [-0.25, -0.2) is 9.97 Å². The van der Waals surface area contributed by atoms with Crippen LogP contribution in [0.4, 0.5) is 11.8 Å². The molecule has 0 unspecified atom stereocenters. The number of carbonyl (C=O) groups is 1. The lowest BCUT2D eigenvalue weighted by Crippen LogP contribution is -2.44. The van der Waals surface area contributed by atoms with Crippen LogP contribution in [0.3, 0.4) is 0 Å². The summed E-state index contributed by atoms with van der Waals surface area (Å²) < 4.78 is 0. The average Bonchev–Trinajstić information content (AvgIpc) is 2.84. The van der Waals surface area contributed by atoms with Gasteiger partial charge in [-0.05, 0) is 50.7 Å². The van der Waals surface area contributed by atoms with Gasteiger partial charge in [-0.2, -0.15) is 5.10 Å². The van der Waals surface area contributed by atoms with Crippen molar-refractivity contribution in [2.75, 3.05) is 43.2 Å². The van der Waals surface area contributed by atoms with Gasteiger partial charge in [-0.15, -0.1) is 5.10 Å². The van der Waals surface area contributed by atoms with Gasteiger partial charge >= 0.3 is 0 Å². The molecule has 34 heavy (non-hydrogen) atoms. The summed E-state index contributed by atoms with van der Waals surface area (Å²) in [5, 5.41) is 29.2. The van der Waals surface area contributed by atoms with E-state index in [1.54, 1.807) is 6.07 Å². The number of nitrogens with zero attached hydrogens (tertiary/aromatic N) is 6. The molecule has 0 aliphatic carbocycles. The second-order valence-corrected chi connectivity index (χ2v) is 9.44. The number of rotatable bonds is 9. The molecule has 1 saturated heterocycles. The van der Waals surface area contributed by atoms with Crippen molar-refractivity contribution >= 4 is 17.7 Å². The first-order valence-electron chi connectivity index (χ1n) is 11.9. The van der Waals surface area contributed by atoms with E-state index in [9.17, 15) is 15.0 Å². The Morgan fingerprint density at radius 3 is 2.35 bits per heavy atom. The molecular formula is C24H37N7O3. The fraction of sp³-hybridized carbons (Fsp3) is 0.625. The molecule has 2 aromatic rings. The molecule has 1 aliphatic heterocycles. The zero-order chi connectivity index (χ0) is 24.8. The highest BCUT2D eigenvalue weighted by atomic mass is 16.3. The Labute approximate surface area is 201 Å². The molecular weight excluding hydrogens is 434 g/mol. The predicted octanol–water partition coefficient (Wildman–Crippen LogP) is 1.27.